The number of ether oxygens (including phenoxy) is 1. The normalized spacial score (nSPS) is 12.5. The van der Waals surface area contributed by atoms with Gasteiger partial charge in [0.05, 0.1) is 6.10 Å². The molecule has 1 rings (SSSR count). The van der Waals surface area contributed by atoms with Gasteiger partial charge in [-0.25, -0.2) is 9.97 Å². The molecule has 4 heteroatoms. The molecule has 1 aromatic heterocycles. The van der Waals surface area contributed by atoms with Crippen molar-refractivity contribution in [2.24, 2.45) is 5.73 Å². The maximum absolute atomic E-state index is 5.65. The van der Waals surface area contributed by atoms with E-state index in [2.05, 4.69) is 9.97 Å². The van der Waals surface area contributed by atoms with E-state index in [1.165, 1.54) is 6.33 Å². The average Bonchev–Trinajstić information content (AvgIpc) is 2.18. The Morgan fingerprint density at radius 1 is 1.40 bits per heavy atom. The molecule has 15 heavy (non-hydrogen) atoms. The molecule has 1 atom stereocenters. The minimum Gasteiger partial charge on any atom is -0.475 e. The van der Waals surface area contributed by atoms with Crippen molar-refractivity contribution in [3.8, 4) is 5.88 Å². The second-order valence-electron chi connectivity index (χ2n) is 3.71. The zero-order valence-electron chi connectivity index (χ0n) is 9.44. The van der Waals surface area contributed by atoms with Gasteiger partial charge in [0.25, 0.3) is 0 Å². The molecule has 0 aliphatic carbocycles. The van der Waals surface area contributed by atoms with Crippen LogP contribution in [0.2, 0.25) is 0 Å². The molecule has 0 amide bonds. The third-order valence-electron chi connectivity index (χ3n) is 2.17. The van der Waals surface area contributed by atoms with Gasteiger partial charge >= 0.3 is 0 Å². The lowest BCUT2D eigenvalue weighted by atomic mass is 10.2. The van der Waals surface area contributed by atoms with E-state index in [9.17, 15) is 0 Å². The molecule has 0 fully saturated rings. The lowest BCUT2D eigenvalue weighted by molar-refractivity contribution is 0.198. The summed E-state index contributed by atoms with van der Waals surface area (Å²) in [5.41, 5.74) is 6.35. The van der Waals surface area contributed by atoms with Gasteiger partial charge in [-0.2, -0.15) is 0 Å². The quantitative estimate of drug-likeness (QED) is 0.724. The molecular weight excluding hydrogens is 190 g/mol. The van der Waals surface area contributed by atoms with Crippen LogP contribution in [0, 0.1) is 6.92 Å². The average molecular weight is 209 g/mol. The highest BCUT2D eigenvalue weighted by atomic mass is 16.5. The van der Waals surface area contributed by atoms with Crippen LogP contribution in [0.1, 0.15) is 31.9 Å². The molecule has 0 radical (unpaired) electrons. The molecule has 84 valence electrons. The predicted octanol–water partition coefficient (Wildman–Crippen LogP) is 1.68. The van der Waals surface area contributed by atoms with Crippen molar-refractivity contribution in [3.05, 3.63) is 18.1 Å². The summed E-state index contributed by atoms with van der Waals surface area (Å²) in [6, 6.07) is 1.85. The van der Waals surface area contributed by atoms with Crippen LogP contribution < -0.4 is 10.5 Å². The van der Waals surface area contributed by atoms with Gasteiger partial charge in [-0.1, -0.05) is 0 Å². The van der Waals surface area contributed by atoms with Crippen LogP contribution in [-0.2, 0) is 0 Å². The standard InChI is InChI=1S/C11H19N3O/c1-9-7-11(14-8-13-9)15-10(2)5-3-4-6-12/h7-8,10H,3-6,12H2,1-2H3. The lowest BCUT2D eigenvalue weighted by Gasteiger charge is -2.13. The zero-order valence-corrected chi connectivity index (χ0v) is 9.44. The fraction of sp³-hybridized carbons (Fsp3) is 0.636. The molecule has 0 saturated carbocycles. The Labute approximate surface area is 90.9 Å². The lowest BCUT2D eigenvalue weighted by Crippen LogP contribution is -2.13. The van der Waals surface area contributed by atoms with Crippen LogP contribution in [0.15, 0.2) is 12.4 Å². The second-order valence-corrected chi connectivity index (χ2v) is 3.71. The van der Waals surface area contributed by atoms with E-state index in [1.54, 1.807) is 0 Å². The summed E-state index contributed by atoms with van der Waals surface area (Å²) >= 11 is 0. The fourth-order valence-electron chi connectivity index (χ4n) is 1.34. The Balaban J connectivity index is 2.34. The summed E-state index contributed by atoms with van der Waals surface area (Å²) in [7, 11) is 0. The molecule has 0 spiro atoms. The van der Waals surface area contributed by atoms with Gasteiger partial charge in [-0.3, -0.25) is 0 Å². The highest BCUT2D eigenvalue weighted by Gasteiger charge is 2.04. The largest absolute Gasteiger partial charge is 0.475 e. The van der Waals surface area contributed by atoms with Crippen LogP contribution >= 0.6 is 0 Å². The summed E-state index contributed by atoms with van der Waals surface area (Å²) < 4.78 is 5.65. The van der Waals surface area contributed by atoms with Gasteiger partial charge in [-0.15, -0.1) is 0 Å². The second kappa shape index (κ2) is 6.35. The first-order chi connectivity index (χ1) is 7.22. The Bertz CT molecular complexity index is 291. The molecule has 0 aliphatic rings. The van der Waals surface area contributed by atoms with Crippen LogP contribution in [0.5, 0.6) is 5.88 Å². The summed E-state index contributed by atoms with van der Waals surface area (Å²) in [6.45, 7) is 4.72. The molecular formula is C11H19N3O. The fourth-order valence-corrected chi connectivity index (χ4v) is 1.34. The first-order valence-corrected chi connectivity index (χ1v) is 5.37. The van der Waals surface area contributed by atoms with Crippen LogP contribution in [-0.4, -0.2) is 22.6 Å². The summed E-state index contributed by atoms with van der Waals surface area (Å²) in [6.07, 6.45) is 4.88. The maximum atomic E-state index is 5.65. The van der Waals surface area contributed by atoms with E-state index in [4.69, 9.17) is 10.5 Å². The monoisotopic (exact) mass is 209 g/mol. The zero-order chi connectivity index (χ0) is 11.1. The number of hydrogen-bond donors (Lipinski definition) is 1. The Morgan fingerprint density at radius 2 is 2.20 bits per heavy atom. The number of nitrogens with two attached hydrogens (primary N) is 1. The minimum absolute atomic E-state index is 0.186. The maximum Gasteiger partial charge on any atom is 0.216 e. The number of unbranched alkanes of at least 4 members (excludes halogenated alkanes) is 1. The van der Waals surface area contributed by atoms with E-state index < -0.39 is 0 Å². The third-order valence-corrected chi connectivity index (χ3v) is 2.17. The van der Waals surface area contributed by atoms with Crippen molar-refractivity contribution in [1.82, 2.24) is 9.97 Å². The summed E-state index contributed by atoms with van der Waals surface area (Å²) in [4.78, 5) is 8.06. The third kappa shape index (κ3) is 4.74. The number of nitrogens with zero attached hydrogens (tertiary/aromatic N) is 2. The van der Waals surface area contributed by atoms with Crippen molar-refractivity contribution in [2.75, 3.05) is 6.54 Å². The van der Waals surface area contributed by atoms with Gasteiger partial charge in [0.15, 0.2) is 0 Å². The molecule has 2 N–H and O–H groups in total. The van der Waals surface area contributed by atoms with E-state index in [-0.39, 0.29) is 6.10 Å². The molecule has 0 aromatic carbocycles. The molecule has 0 aliphatic heterocycles. The molecule has 0 bridgehead atoms. The first kappa shape index (κ1) is 11.9. The van der Waals surface area contributed by atoms with E-state index in [0.717, 1.165) is 31.5 Å². The molecule has 1 unspecified atom stereocenters. The van der Waals surface area contributed by atoms with Crippen molar-refractivity contribution < 1.29 is 4.74 Å². The van der Waals surface area contributed by atoms with E-state index >= 15 is 0 Å². The molecule has 1 aromatic rings. The summed E-state index contributed by atoms with van der Waals surface area (Å²) in [5, 5.41) is 0. The van der Waals surface area contributed by atoms with Gasteiger partial charge < -0.3 is 10.5 Å². The number of aryl methyl sites for hydroxylation is 1. The summed E-state index contributed by atoms with van der Waals surface area (Å²) in [5.74, 6) is 0.655. The van der Waals surface area contributed by atoms with Gasteiger partial charge in [-0.05, 0) is 39.7 Å². The van der Waals surface area contributed by atoms with Gasteiger partial charge in [0.2, 0.25) is 5.88 Å². The Kier molecular flexibility index (Phi) is 5.04. The minimum atomic E-state index is 0.186. The Morgan fingerprint density at radius 3 is 2.87 bits per heavy atom. The van der Waals surface area contributed by atoms with Crippen molar-refractivity contribution >= 4 is 0 Å². The van der Waals surface area contributed by atoms with Crippen molar-refractivity contribution in [2.45, 2.75) is 39.2 Å². The SMILES string of the molecule is Cc1cc(OC(C)CCCCN)ncn1. The van der Waals surface area contributed by atoms with Crippen LogP contribution in [0.25, 0.3) is 0 Å². The van der Waals surface area contributed by atoms with Gasteiger partial charge in [0, 0.05) is 11.8 Å². The highest BCUT2D eigenvalue weighted by molar-refractivity contribution is 5.12. The number of rotatable bonds is 6. The topological polar surface area (TPSA) is 61.0 Å². The van der Waals surface area contributed by atoms with E-state index in [0.29, 0.717) is 5.88 Å². The smallest absolute Gasteiger partial charge is 0.216 e. The molecule has 1 heterocycles. The number of aromatic nitrogens is 2. The first-order valence-electron chi connectivity index (χ1n) is 5.37. The van der Waals surface area contributed by atoms with Gasteiger partial charge in [0.1, 0.15) is 6.33 Å². The molecule has 0 saturated heterocycles. The van der Waals surface area contributed by atoms with Crippen molar-refractivity contribution in [1.29, 1.82) is 0 Å². The molecule has 4 nitrogen and oxygen atoms in total. The highest BCUT2D eigenvalue weighted by Crippen LogP contribution is 2.11. The Hall–Kier alpha value is -1.16. The predicted molar refractivity (Wildman–Crippen MR) is 59.8 cm³/mol. The van der Waals surface area contributed by atoms with Crippen LogP contribution in [0.4, 0.5) is 0 Å². The van der Waals surface area contributed by atoms with Crippen molar-refractivity contribution in [3.63, 3.8) is 0 Å². The van der Waals surface area contributed by atoms with Crippen LogP contribution in [0.3, 0.4) is 0 Å². The number of hydrogen-bond acceptors (Lipinski definition) is 4. The van der Waals surface area contributed by atoms with E-state index in [1.807, 2.05) is 19.9 Å².